The van der Waals surface area contributed by atoms with Crippen LogP contribution in [-0.2, 0) is 4.79 Å². The van der Waals surface area contributed by atoms with Crippen molar-refractivity contribution < 1.29 is 9.59 Å². The predicted molar refractivity (Wildman–Crippen MR) is 113 cm³/mol. The Labute approximate surface area is 172 Å². The van der Waals surface area contributed by atoms with E-state index in [2.05, 4.69) is 19.2 Å². The van der Waals surface area contributed by atoms with E-state index in [1.807, 2.05) is 24.3 Å². The predicted octanol–water partition coefficient (Wildman–Crippen LogP) is 6.22. The lowest BCUT2D eigenvalue weighted by Crippen LogP contribution is -2.33. The van der Waals surface area contributed by atoms with Gasteiger partial charge in [0.1, 0.15) is 0 Å². The highest BCUT2D eigenvalue weighted by Gasteiger charge is 2.34. The molecular formula is C20H18Cl2N2O2S. The molecule has 0 aromatic heterocycles. The lowest BCUT2D eigenvalue weighted by atomic mass is 10.0. The van der Waals surface area contributed by atoms with Crippen molar-refractivity contribution in [3.8, 4) is 0 Å². The Kier molecular flexibility index (Phi) is 6.15. The van der Waals surface area contributed by atoms with Gasteiger partial charge in [-0.2, -0.15) is 0 Å². The lowest BCUT2D eigenvalue weighted by Gasteiger charge is -2.14. The molecule has 2 aromatic rings. The van der Waals surface area contributed by atoms with Crippen LogP contribution in [0.1, 0.15) is 30.9 Å². The first-order chi connectivity index (χ1) is 12.8. The van der Waals surface area contributed by atoms with Crippen LogP contribution in [-0.4, -0.2) is 22.7 Å². The van der Waals surface area contributed by atoms with Gasteiger partial charge in [0.15, 0.2) is 0 Å². The number of rotatable bonds is 5. The number of nitrogens with zero attached hydrogens (tertiary/aromatic N) is 1. The minimum Gasteiger partial charge on any atom is -0.367 e. The summed E-state index contributed by atoms with van der Waals surface area (Å²) in [6.07, 6.45) is 1.74. The molecule has 1 fully saturated rings. The second-order valence-corrected chi connectivity index (χ2v) is 8.20. The summed E-state index contributed by atoms with van der Waals surface area (Å²) in [7, 11) is 0. The van der Waals surface area contributed by atoms with E-state index >= 15 is 0 Å². The van der Waals surface area contributed by atoms with Crippen molar-refractivity contribution in [2.45, 2.75) is 19.8 Å². The van der Waals surface area contributed by atoms with Crippen LogP contribution in [0.25, 0.3) is 6.08 Å². The molecule has 1 aliphatic heterocycles. The van der Waals surface area contributed by atoms with Gasteiger partial charge < -0.3 is 5.32 Å². The van der Waals surface area contributed by atoms with E-state index in [4.69, 9.17) is 23.2 Å². The van der Waals surface area contributed by atoms with Crippen molar-refractivity contribution in [2.24, 2.45) is 0 Å². The quantitative estimate of drug-likeness (QED) is 0.582. The molecule has 7 heteroatoms. The van der Waals surface area contributed by atoms with E-state index in [9.17, 15) is 9.59 Å². The Morgan fingerprint density at radius 1 is 1.07 bits per heavy atom. The molecule has 0 spiro atoms. The summed E-state index contributed by atoms with van der Waals surface area (Å²) in [4.78, 5) is 26.4. The highest BCUT2D eigenvalue weighted by molar-refractivity contribution is 8.18. The number of halogens is 2. The molecule has 140 valence electrons. The van der Waals surface area contributed by atoms with Gasteiger partial charge in [0.2, 0.25) is 0 Å². The maximum absolute atomic E-state index is 12.6. The van der Waals surface area contributed by atoms with Crippen LogP contribution in [0.4, 0.5) is 10.5 Å². The number of anilines is 1. The third-order valence-electron chi connectivity index (χ3n) is 4.14. The smallest absolute Gasteiger partial charge is 0.295 e. The number of carbonyl (C=O) groups excluding carboxylic acids is 2. The van der Waals surface area contributed by atoms with E-state index in [0.29, 0.717) is 26.6 Å². The summed E-state index contributed by atoms with van der Waals surface area (Å²) >= 11 is 12.8. The zero-order valence-corrected chi connectivity index (χ0v) is 17.2. The minimum atomic E-state index is -0.314. The fraction of sp³-hybridized carbons (Fsp3) is 0.200. The molecule has 27 heavy (non-hydrogen) atoms. The van der Waals surface area contributed by atoms with Crippen molar-refractivity contribution >= 4 is 57.9 Å². The number of imide groups is 1. The van der Waals surface area contributed by atoms with Crippen molar-refractivity contribution in [1.29, 1.82) is 0 Å². The number of hydrogen-bond donors (Lipinski definition) is 1. The standard InChI is InChI=1S/C20H18Cl2N2O2S/c1-12(2)14-5-3-13(4-6-14)9-18-19(25)24(20(26)27-18)11-23-15-7-8-16(21)17(22)10-15/h3-10,12,23H,11H2,1-2H3/b18-9-. The van der Waals surface area contributed by atoms with Crippen LogP contribution in [0.15, 0.2) is 47.4 Å². The zero-order chi connectivity index (χ0) is 19.6. The molecule has 0 unspecified atom stereocenters. The lowest BCUT2D eigenvalue weighted by molar-refractivity contribution is -0.122. The van der Waals surface area contributed by atoms with Crippen molar-refractivity contribution in [3.63, 3.8) is 0 Å². The van der Waals surface area contributed by atoms with Gasteiger partial charge in [0, 0.05) is 5.69 Å². The molecule has 2 amide bonds. The molecule has 0 radical (unpaired) electrons. The Bertz CT molecular complexity index is 911. The monoisotopic (exact) mass is 420 g/mol. The number of amides is 2. The van der Waals surface area contributed by atoms with Gasteiger partial charge >= 0.3 is 0 Å². The Hall–Kier alpha value is -1.95. The fourth-order valence-corrected chi connectivity index (χ4v) is 3.68. The van der Waals surface area contributed by atoms with E-state index in [1.54, 1.807) is 24.3 Å². The molecule has 1 saturated heterocycles. The number of benzene rings is 2. The van der Waals surface area contributed by atoms with Crippen LogP contribution < -0.4 is 5.32 Å². The van der Waals surface area contributed by atoms with Crippen molar-refractivity contribution in [3.05, 3.63) is 68.5 Å². The normalized spacial score (nSPS) is 15.9. The summed E-state index contributed by atoms with van der Waals surface area (Å²) < 4.78 is 0. The van der Waals surface area contributed by atoms with Crippen molar-refractivity contribution in [2.75, 3.05) is 12.0 Å². The SMILES string of the molecule is CC(C)c1ccc(/C=C2\SC(=O)N(CNc3ccc(Cl)c(Cl)c3)C2=O)cc1. The van der Waals surface area contributed by atoms with Gasteiger partial charge in [-0.15, -0.1) is 0 Å². The molecule has 4 nitrogen and oxygen atoms in total. The van der Waals surface area contributed by atoms with Crippen LogP contribution in [0.3, 0.4) is 0 Å². The molecule has 1 heterocycles. The maximum atomic E-state index is 12.6. The van der Waals surface area contributed by atoms with Crippen molar-refractivity contribution in [1.82, 2.24) is 4.90 Å². The first-order valence-corrected chi connectivity index (χ1v) is 9.96. The topological polar surface area (TPSA) is 49.4 Å². The second kappa shape index (κ2) is 8.38. The van der Waals surface area contributed by atoms with Crippen LogP contribution in [0.2, 0.25) is 10.0 Å². The average molecular weight is 421 g/mol. The first kappa shape index (κ1) is 19.8. The van der Waals surface area contributed by atoms with Gasteiger partial charge in [-0.3, -0.25) is 14.5 Å². The van der Waals surface area contributed by atoms with Crippen LogP contribution in [0.5, 0.6) is 0 Å². The van der Waals surface area contributed by atoms with E-state index in [0.717, 1.165) is 17.3 Å². The minimum absolute atomic E-state index is 0.0618. The molecule has 2 aromatic carbocycles. The van der Waals surface area contributed by atoms with E-state index in [1.165, 1.54) is 10.5 Å². The largest absolute Gasteiger partial charge is 0.367 e. The van der Waals surface area contributed by atoms with Crippen LogP contribution >= 0.6 is 35.0 Å². The Balaban J connectivity index is 1.69. The number of nitrogens with one attached hydrogen (secondary N) is 1. The third kappa shape index (κ3) is 4.67. The van der Waals surface area contributed by atoms with Gasteiger partial charge in [-0.05, 0) is 53.1 Å². The molecular weight excluding hydrogens is 403 g/mol. The number of thioether (sulfide) groups is 1. The summed E-state index contributed by atoms with van der Waals surface area (Å²) in [5.74, 6) is 0.129. The highest BCUT2D eigenvalue weighted by Crippen LogP contribution is 2.32. The summed E-state index contributed by atoms with van der Waals surface area (Å²) in [6, 6.07) is 13.0. The molecule has 0 atom stereocenters. The van der Waals surface area contributed by atoms with E-state index < -0.39 is 0 Å². The number of carbonyl (C=O) groups is 2. The highest BCUT2D eigenvalue weighted by atomic mass is 35.5. The van der Waals surface area contributed by atoms with Gasteiger partial charge in [-0.1, -0.05) is 61.3 Å². The van der Waals surface area contributed by atoms with Gasteiger partial charge in [-0.25, -0.2) is 0 Å². The Morgan fingerprint density at radius 3 is 2.41 bits per heavy atom. The van der Waals surface area contributed by atoms with E-state index in [-0.39, 0.29) is 17.8 Å². The molecule has 1 aliphatic rings. The van der Waals surface area contributed by atoms with Crippen LogP contribution in [0, 0.1) is 0 Å². The third-order valence-corrected chi connectivity index (χ3v) is 5.78. The molecule has 1 N–H and O–H groups in total. The summed E-state index contributed by atoms with van der Waals surface area (Å²) in [5, 5.41) is 3.56. The second-order valence-electron chi connectivity index (χ2n) is 6.39. The number of hydrogen-bond acceptors (Lipinski definition) is 4. The maximum Gasteiger partial charge on any atom is 0.295 e. The molecule has 0 aliphatic carbocycles. The molecule has 0 bridgehead atoms. The van der Waals surface area contributed by atoms with Gasteiger partial charge in [0.25, 0.3) is 11.1 Å². The summed E-state index contributed by atoms with van der Waals surface area (Å²) in [5.41, 5.74) is 2.80. The average Bonchev–Trinajstić information content (AvgIpc) is 2.90. The zero-order valence-electron chi connectivity index (χ0n) is 14.8. The fourth-order valence-electron chi connectivity index (χ4n) is 2.54. The molecule has 0 saturated carbocycles. The summed E-state index contributed by atoms with van der Waals surface area (Å²) in [6.45, 7) is 4.31. The Morgan fingerprint density at radius 2 is 1.78 bits per heavy atom. The molecule has 3 rings (SSSR count). The first-order valence-electron chi connectivity index (χ1n) is 8.39. The van der Waals surface area contributed by atoms with Gasteiger partial charge in [0.05, 0.1) is 21.6 Å².